The zero-order valence-corrected chi connectivity index (χ0v) is 18.9. The van der Waals surface area contributed by atoms with E-state index in [4.69, 9.17) is 9.84 Å². The van der Waals surface area contributed by atoms with Crippen LogP contribution in [0.1, 0.15) is 34.0 Å². The van der Waals surface area contributed by atoms with E-state index in [1.54, 1.807) is 24.3 Å². The molecule has 0 aromatic heterocycles. The number of ether oxygens (including phenoxy) is 1. The molecule has 0 spiro atoms. The first-order chi connectivity index (χ1) is 16.0. The lowest BCUT2D eigenvalue weighted by molar-refractivity contribution is -0.116. The summed E-state index contributed by atoms with van der Waals surface area (Å²) in [6.45, 7) is 2.40. The summed E-state index contributed by atoms with van der Waals surface area (Å²) < 4.78 is 5.96. The van der Waals surface area contributed by atoms with E-state index in [-0.39, 0.29) is 23.6 Å². The van der Waals surface area contributed by atoms with E-state index >= 15 is 0 Å². The molecule has 3 aromatic carbocycles. The highest BCUT2D eigenvalue weighted by Crippen LogP contribution is 2.32. The Morgan fingerprint density at radius 1 is 1.06 bits per heavy atom. The molecule has 1 aliphatic heterocycles. The summed E-state index contributed by atoms with van der Waals surface area (Å²) in [5, 5.41) is 15.3. The number of nitrogens with one attached hydrogen (secondary N) is 2. The van der Waals surface area contributed by atoms with E-state index in [0.717, 1.165) is 23.2 Å². The fraction of sp³-hybridized carbons (Fsp3) is 0.154. The highest BCUT2D eigenvalue weighted by atomic mass is 32.2. The Labute approximate surface area is 196 Å². The Morgan fingerprint density at radius 3 is 2.45 bits per heavy atom. The predicted molar refractivity (Wildman–Crippen MR) is 131 cm³/mol. The van der Waals surface area contributed by atoms with Crippen molar-refractivity contribution < 1.29 is 19.4 Å². The average Bonchev–Trinajstić information content (AvgIpc) is 3.17. The molecular formula is C26H24N2O4S. The van der Waals surface area contributed by atoms with Gasteiger partial charge < -0.3 is 20.5 Å². The van der Waals surface area contributed by atoms with Gasteiger partial charge in [-0.1, -0.05) is 61.2 Å². The Bertz CT molecular complexity index is 1170. The summed E-state index contributed by atoms with van der Waals surface area (Å²) in [6, 6.07) is 22.2. The van der Waals surface area contributed by atoms with Gasteiger partial charge in [-0.2, -0.15) is 0 Å². The van der Waals surface area contributed by atoms with Gasteiger partial charge in [0.1, 0.15) is 12.4 Å². The molecule has 3 aromatic rings. The normalized spacial score (nSPS) is 16.5. The van der Waals surface area contributed by atoms with Crippen molar-refractivity contribution in [2.45, 2.75) is 25.4 Å². The third-order valence-electron chi connectivity index (χ3n) is 5.19. The zero-order chi connectivity index (χ0) is 23.2. The first kappa shape index (κ1) is 22.5. The fourth-order valence-electron chi connectivity index (χ4n) is 3.33. The van der Waals surface area contributed by atoms with Gasteiger partial charge in [0, 0.05) is 11.3 Å². The molecule has 0 aliphatic carbocycles. The van der Waals surface area contributed by atoms with Crippen molar-refractivity contribution >= 4 is 35.4 Å². The third kappa shape index (κ3) is 5.75. The van der Waals surface area contributed by atoms with Crippen LogP contribution in [0.3, 0.4) is 0 Å². The Balaban J connectivity index is 1.43. The molecule has 3 N–H and O–H groups in total. The molecule has 1 amide bonds. The Hall–Kier alpha value is -3.71. The molecule has 0 bridgehead atoms. The number of aromatic carboxylic acids is 1. The molecule has 1 heterocycles. The lowest BCUT2D eigenvalue weighted by atomic mass is 10.1. The number of hydrogen-bond donors (Lipinski definition) is 3. The third-order valence-corrected chi connectivity index (χ3v) is 6.22. The number of para-hydroxylation sites is 1. The minimum Gasteiger partial charge on any atom is -0.488 e. The van der Waals surface area contributed by atoms with Crippen LogP contribution in [0.2, 0.25) is 0 Å². The minimum absolute atomic E-state index is 0.137. The largest absolute Gasteiger partial charge is 0.488 e. The van der Waals surface area contributed by atoms with Gasteiger partial charge in [0.25, 0.3) is 5.91 Å². The smallest absolute Gasteiger partial charge is 0.335 e. The van der Waals surface area contributed by atoms with Crippen LogP contribution in [-0.2, 0) is 17.8 Å². The molecule has 1 aliphatic rings. The first-order valence-corrected chi connectivity index (χ1v) is 11.5. The maximum absolute atomic E-state index is 12.5. The quantitative estimate of drug-likeness (QED) is 0.404. The van der Waals surface area contributed by atoms with Crippen LogP contribution in [0.15, 0.2) is 77.7 Å². The lowest BCUT2D eigenvalue weighted by Gasteiger charge is -2.13. The van der Waals surface area contributed by atoms with Gasteiger partial charge >= 0.3 is 5.97 Å². The molecule has 1 fully saturated rings. The second kappa shape index (κ2) is 10.3. The highest BCUT2D eigenvalue weighted by molar-refractivity contribution is 8.05. The molecule has 1 unspecified atom stereocenters. The van der Waals surface area contributed by atoms with E-state index in [9.17, 15) is 9.59 Å². The monoisotopic (exact) mass is 460 g/mol. The van der Waals surface area contributed by atoms with Crippen molar-refractivity contribution in [3.63, 3.8) is 0 Å². The van der Waals surface area contributed by atoms with E-state index in [2.05, 4.69) is 29.7 Å². The Morgan fingerprint density at radius 2 is 1.76 bits per heavy atom. The van der Waals surface area contributed by atoms with E-state index in [1.165, 1.54) is 17.3 Å². The molecule has 1 atom stereocenters. The topological polar surface area (TPSA) is 87.7 Å². The van der Waals surface area contributed by atoms with Crippen LogP contribution in [0, 0.1) is 0 Å². The zero-order valence-electron chi connectivity index (χ0n) is 18.1. The van der Waals surface area contributed by atoms with Crippen LogP contribution in [0.25, 0.3) is 6.08 Å². The van der Waals surface area contributed by atoms with Gasteiger partial charge in [-0.3, -0.25) is 4.79 Å². The number of benzene rings is 3. The molecular weight excluding hydrogens is 436 g/mol. The Kier molecular flexibility index (Phi) is 7.00. The van der Waals surface area contributed by atoms with Gasteiger partial charge in [0.2, 0.25) is 0 Å². The van der Waals surface area contributed by atoms with Crippen LogP contribution in [-0.4, -0.2) is 22.5 Å². The highest BCUT2D eigenvalue weighted by Gasteiger charge is 2.27. The number of hydrogen-bond acceptors (Lipinski definition) is 5. The molecule has 33 heavy (non-hydrogen) atoms. The summed E-state index contributed by atoms with van der Waals surface area (Å²) in [7, 11) is 0. The number of carbonyl (C=O) groups is 2. The summed E-state index contributed by atoms with van der Waals surface area (Å²) in [5.74, 6) is -0.452. The maximum Gasteiger partial charge on any atom is 0.335 e. The number of anilines is 1. The molecule has 1 saturated heterocycles. The molecule has 0 saturated carbocycles. The summed E-state index contributed by atoms with van der Waals surface area (Å²) in [6.07, 6.45) is 2.81. The number of carboxylic acids is 1. The standard InChI is InChI=1S/C26H24N2O4S/c1-2-17-9-13-21(14-10-17)27-26-28-24(29)23(33-26)15-20-5-3-4-6-22(20)32-16-18-7-11-19(12-8-18)25(30)31/h3-15,26-27H,2,16H2,1H3,(H,28,29)(H,30,31). The summed E-state index contributed by atoms with van der Waals surface area (Å²) in [4.78, 5) is 24.1. The van der Waals surface area contributed by atoms with Crippen molar-refractivity contribution in [2.24, 2.45) is 0 Å². The molecule has 7 heteroatoms. The van der Waals surface area contributed by atoms with Crippen molar-refractivity contribution in [3.8, 4) is 5.75 Å². The van der Waals surface area contributed by atoms with Crippen molar-refractivity contribution in [2.75, 3.05) is 5.32 Å². The lowest BCUT2D eigenvalue weighted by Crippen LogP contribution is -2.30. The van der Waals surface area contributed by atoms with Crippen LogP contribution in [0.5, 0.6) is 5.75 Å². The first-order valence-electron chi connectivity index (χ1n) is 10.6. The average molecular weight is 461 g/mol. The second-order valence-electron chi connectivity index (χ2n) is 7.50. The molecule has 6 nitrogen and oxygen atoms in total. The number of carboxylic acid groups (broad SMARTS) is 1. The van der Waals surface area contributed by atoms with E-state index in [0.29, 0.717) is 10.7 Å². The maximum atomic E-state index is 12.5. The van der Waals surface area contributed by atoms with Gasteiger partial charge in [-0.15, -0.1) is 0 Å². The van der Waals surface area contributed by atoms with Gasteiger partial charge in [0.05, 0.1) is 10.5 Å². The van der Waals surface area contributed by atoms with Gasteiger partial charge in [0.15, 0.2) is 5.50 Å². The van der Waals surface area contributed by atoms with Gasteiger partial charge in [-0.25, -0.2) is 4.79 Å². The minimum atomic E-state index is -0.961. The number of amides is 1. The number of carbonyl (C=O) groups excluding carboxylic acids is 1. The van der Waals surface area contributed by atoms with Crippen molar-refractivity contribution in [1.82, 2.24) is 5.32 Å². The number of aryl methyl sites for hydroxylation is 1. The molecule has 168 valence electrons. The van der Waals surface area contributed by atoms with Crippen molar-refractivity contribution in [3.05, 3.63) is 100.0 Å². The molecule has 4 rings (SSSR count). The van der Waals surface area contributed by atoms with E-state index < -0.39 is 5.97 Å². The van der Waals surface area contributed by atoms with Crippen LogP contribution in [0.4, 0.5) is 5.69 Å². The van der Waals surface area contributed by atoms with Crippen molar-refractivity contribution in [1.29, 1.82) is 0 Å². The number of rotatable bonds is 8. The van der Waals surface area contributed by atoms with E-state index in [1.807, 2.05) is 42.5 Å². The number of thioether (sulfide) groups is 1. The van der Waals surface area contributed by atoms with Crippen LogP contribution >= 0.6 is 11.8 Å². The fourth-order valence-corrected chi connectivity index (χ4v) is 4.31. The SMILES string of the molecule is CCc1ccc(NC2NC(=O)C(=Cc3ccccc3OCc3ccc(C(=O)O)cc3)S2)cc1. The molecule has 0 radical (unpaired) electrons. The van der Waals surface area contributed by atoms with Gasteiger partial charge in [-0.05, 0) is 54.0 Å². The predicted octanol–water partition coefficient (Wildman–Crippen LogP) is 5.13. The summed E-state index contributed by atoms with van der Waals surface area (Å²) >= 11 is 1.42. The second-order valence-corrected chi connectivity index (χ2v) is 8.65. The van der Waals surface area contributed by atoms with Crippen LogP contribution < -0.4 is 15.4 Å². The summed E-state index contributed by atoms with van der Waals surface area (Å²) in [5.41, 5.74) is 3.84.